The monoisotopic (exact) mass is 498 g/mol. The van der Waals surface area contributed by atoms with E-state index in [-0.39, 0.29) is 37.5 Å². The van der Waals surface area contributed by atoms with Crippen LogP contribution < -0.4 is 9.47 Å². The summed E-state index contributed by atoms with van der Waals surface area (Å²) in [5.74, 6) is -0.462. The Kier molecular flexibility index (Phi) is 11.7. The van der Waals surface area contributed by atoms with Crippen LogP contribution in [-0.2, 0) is 23.9 Å². The number of unbranched alkanes of at least 4 members (excludes halogenated alkanes) is 3. The van der Waals surface area contributed by atoms with Gasteiger partial charge in [0.1, 0.15) is 18.2 Å². The molecular weight excluding hydrogens is 464 g/mol. The normalized spacial score (nSPS) is 14.8. The Morgan fingerprint density at radius 3 is 2.50 bits per heavy atom. The number of amides is 2. The minimum atomic E-state index is -0.662. The zero-order valence-corrected chi connectivity index (χ0v) is 21.4. The van der Waals surface area contributed by atoms with Crippen molar-refractivity contribution in [3.63, 3.8) is 0 Å². The second kappa shape index (κ2) is 14.7. The Hall–Kier alpha value is -3.64. The smallest absolute Gasteiger partial charge is 0.302 e. The molecule has 0 bridgehead atoms. The quantitative estimate of drug-likeness (QED) is 0.165. The second-order valence-electron chi connectivity index (χ2n) is 8.20. The highest BCUT2D eigenvalue weighted by atomic mass is 16.6. The van der Waals surface area contributed by atoms with E-state index >= 15 is 0 Å². The first-order valence-electron chi connectivity index (χ1n) is 12.0. The summed E-state index contributed by atoms with van der Waals surface area (Å²) >= 11 is 0. The van der Waals surface area contributed by atoms with Gasteiger partial charge in [-0.2, -0.15) is 5.26 Å². The number of methoxy groups -OCH3 is 1. The molecule has 0 aliphatic carbocycles. The van der Waals surface area contributed by atoms with Gasteiger partial charge in [0.25, 0.3) is 11.8 Å². The van der Waals surface area contributed by atoms with E-state index in [0.717, 1.165) is 24.2 Å². The standard InChI is InChI=1S/C27H34N2O7/c1-5-6-7-8-12-36-24-10-9-21(17-25(24)33-4)16-22-19(2)23(18-28)27(32)29(26(22)31)11-13-34-14-15-35-20(3)30/h9-10,16-17H,5-8,11-15H2,1-4H3/b22-16+. The lowest BCUT2D eigenvalue weighted by Crippen LogP contribution is -2.44. The lowest BCUT2D eigenvalue weighted by molar-refractivity contribution is -0.142. The summed E-state index contributed by atoms with van der Waals surface area (Å²) in [6.45, 7) is 5.82. The Morgan fingerprint density at radius 2 is 1.83 bits per heavy atom. The van der Waals surface area contributed by atoms with Gasteiger partial charge < -0.3 is 18.9 Å². The maximum atomic E-state index is 13.2. The van der Waals surface area contributed by atoms with Crippen LogP contribution in [0.25, 0.3) is 6.08 Å². The van der Waals surface area contributed by atoms with E-state index in [1.165, 1.54) is 13.3 Å². The lowest BCUT2D eigenvalue weighted by Gasteiger charge is -2.27. The molecule has 0 fully saturated rings. The number of imide groups is 1. The zero-order valence-electron chi connectivity index (χ0n) is 21.4. The van der Waals surface area contributed by atoms with Crippen molar-refractivity contribution in [1.29, 1.82) is 5.26 Å². The molecule has 2 amide bonds. The first-order chi connectivity index (χ1) is 17.3. The van der Waals surface area contributed by atoms with Crippen LogP contribution >= 0.6 is 0 Å². The Balaban J connectivity index is 2.18. The first kappa shape index (κ1) is 28.6. The maximum absolute atomic E-state index is 13.2. The van der Waals surface area contributed by atoms with Crippen molar-refractivity contribution in [3.05, 3.63) is 40.5 Å². The molecule has 9 nitrogen and oxygen atoms in total. The minimum Gasteiger partial charge on any atom is -0.493 e. The highest BCUT2D eigenvalue weighted by molar-refractivity contribution is 6.19. The summed E-state index contributed by atoms with van der Waals surface area (Å²) in [5.41, 5.74) is 1.12. The predicted molar refractivity (Wildman–Crippen MR) is 133 cm³/mol. The molecule has 0 aromatic heterocycles. The topological polar surface area (TPSA) is 115 Å². The van der Waals surface area contributed by atoms with Gasteiger partial charge in [0.2, 0.25) is 0 Å². The molecule has 0 N–H and O–H groups in total. The molecule has 0 radical (unpaired) electrons. The van der Waals surface area contributed by atoms with Crippen molar-refractivity contribution in [1.82, 2.24) is 4.90 Å². The fraction of sp³-hybridized carbons (Fsp3) is 0.481. The van der Waals surface area contributed by atoms with Crippen LogP contribution in [-0.4, -0.2) is 62.8 Å². The molecule has 0 unspecified atom stereocenters. The molecule has 0 spiro atoms. The third-order valence-corrected chi connectivity index (χ3v) is 5.57. The molecule has 0 atom stereocenters. The third kappa shape index (κ3) is 7.95. The van der Waals surface area contributed by atoms with Crippen LogP contribution in [0.15, 0.2) is 34.9 Å². The predicted octanol–water partition coefficient (Wildman–Crippen LogP) is 3.83. The number of ether oxygens (including phenoxy) is 4. The Bertz CT molecular complexity index is 1050. The minimum absolute atomic E-state index is 0.0400. The van der Waals surface area contributed by atoms with E-state index < -0.39 is 17.8 Å². The summed E-state index contributed by atoms with van der Waals surface area (Å²) in [6, 6.07) is 7.24. The van der Waals surface area contributed by atoms with E-state index in [4.69, 9.17) is 18.9 Å². The van der Waals surface area contributed by atoms with Gasteiger partial charge in [0, 0.05) is 12.5 Å². The van der Waals surface area contributed by atoms with E-state index in [0.29, 0.717) is 29.2 Å². The van der Waals surface area contributed by atoms with Crippen molar-refractivity contribution in [2.24, 2.45) is 0 Å². The fourth-order valence-corrected chi connectivity index (χ4v) is 3.61. The molecule has 1 aliphatic rings. The van der Waals surface area contributed by atoms with Gasteiger partial charge in [-0.1, -0.05) is 32.3 Å². The summed E-state index contributed by atoms with van der Waals surface area (Å²) in [5, 5.41) is 9.56. The number of benzene rings is 1. The van der Waals surface area contributed by atoms with E-state index in [1.807, 2.05) is 6.07 Å². The molecule has 0 saturated carbocycles. The number of nitrogens with zero attached hydrogens (tertiary/aromatic N) is 2. The number of hydrogen-bond donors (Lipinski definition) is 0. The third-order valence-electron chi connectivity index (χ3n) is 5.57. The molecule has 2 rings (SSSR count). The van der Waals surface area contributed by atoms with Gasteiger partial charge in [0.05, 0.1) is 33.5 Å². The summed E-state index contributed by atoms with van der Waals surface area (Å²) in [7, 11) is 1.54. The largest absolute Gasteiger partial charge is 0.493 e. The molecule has 36 heavy (non-hydrogen) atoms. The second-order valence-corrected chi connectivity index (χ2v) is 8.20. The molecule has 1 aromatic rings. The maximum Gasteiger partial charge on any atom is 0.302 e. The van der Waals surface area contributed by atoms with E-state index in [2.05, 4.69) is 6.92 Å². The number of rotatable bonds is 14. The van der Waals surface area contributed by atoms with Crippen LogP contribution in [0.4, 0.5) is 0 Å². The Labute approximate surface area is 212 Å². The fourth-order valence-electron chi connectivity index (χ4n) is 3.61. The summed E-state index contributed by atoms with van der Waals surface area (Å²) in [4.78, 5) is 37.7. The van der Waals surface area contributed by atoms with Crippen molar-refractivity contribution in [3.8, 4) is 17.6 Å². The average molecular weight is 499 g/mol. The number of hydrogen-bond acceptors (Lipinski definition) is 8. The zero-order chi connectivity index (χ0) is 26.5. The van der Waals surface area contributed by atoms with Crippen LogP contribution in [0.2, 0.25) is 0 Å². The number of nitriles is 1. The Morgan fingerprint density at radius 1 is 1.06 bits per heavy atom. The van der Waals surface area contributed by atoms with Gasteiger partial charge in [-0.15, -0.1) is 0 Å². The molecule has 194 valence electrons. The number of carbonyl (C=O) groups excluding carboxylic acids is 3. The van der Waals surface area contributed by atoms with Gasteiger partial charge in [-0.25, -0.2) is 0 Å². The van der Waals surface area contributed by atoms with Crippen molar-refractivity contribution in [2.75, 3.05) is 40.1 Å². The molecule has 1 heterocycles. The molecule has 1 aromatic carbocycles. The molecular formula is C27H34N2O7. The molecule has 0 saturated heterocycles. The van der Waals surface area contributed by atoms with Crippen molar-refractivity contribution >= 4 is 23.9 Å². The lowest BCUT2D eigenvalue weighted by atomic mass is 9.93. The van der Waals surface area contributed by atoms with E-state index in [9.17, 15) is 19.6 Å². The van der Waals surface area contributed by atoms with Crippen LogP contribution in [0.5, 0.6) is 11.5 Å². The SMILES string of the molecule is CCCCCCOc1ccc(/C=C2/C(=O)N(CCOCCOC(C)=O)C(=O)C(C#N)=C2C)cc1OC. The molecule has 1 aliphatic heterocycles. The van der Waals surface area contributed by atoms with Crippen molar-refractivity contribution in [2.45, 2.75) is 46.5 Å². The van der Waals surface area contributed by atoms with E-state index in [1.54, 1.807) is 38.3 Å². The summed E-state index contributed by atoms with van der Waals surface area (Å²) in [6.07, 6.45) is 6.00. The average Bonchev–Trinajstić information content (AvgIpc) is 2.86. The van der Waals surface area contributed by atoms with Gasteiger partial charge in [-0.3, -0.25) is 19.3 Å². The highest BCUT2D eigenvalue weighted by Gasteiger charge is 2.35. The molecule has 9 heteroatoms. The number of esters is 1. The van der Waals surface area contributed by atoms with Gasteiger partial charge in [0.15, 0.2) is 11.5 Å². The van der Waals surface area contributed by atoms with Crippen LogP contribution in [0.1, 0.15) is 52.0 Å². The van der Waals surface area contributed by atoms with Gasteiger partial charge in [-0.05, 0) is 42.7 Å². The summed E-state index contributed by atoms with van der Waals surface area (Å²) < 4.78 is 21.5. The number of carbonyl (C=O) groups is 3. The van der Waals surface area contributed by atoms with Gasteiger partial charge >= 0.3 is 5.97 Å². The van der Waals surface area contributed by atoms with Crippen molar-refractivity contribution < 1.29 is 33.3 Å². The van der Waals surface area contributed by atoms with Crippen LogP contribution in [0.3, 0.4) is 0 Å². The van der Waals surface area contributed by atoms with Crippen LogP contribution in [0, 0.1) is 11.3 Å². The first-order valence-corrected chi connectivity index (χ1v) is 12.0. The highest BCUT2D eigenvalue weighted by Crippen LogP contribution is 2.32.